The first-order valence-corrected chi connectivity index (χ1v) is 10.4. The molecular weight excluding hydrogens is 456 g/mol. The lowest BCUT2D eigenvalue weighted by Crippen LogP contribution is -2.59. The van der Waals surface area contributed by atoms with Gasteiger partial charge in [0.2, 0.25) is 29.5 Å². The maximum Gasteiger partial charge on any atom is 0.326 e. The van der Waals surface area contributed by atoms with Gasteiger partial charge in [-0.3, -0.25) is 28.8 Å². The highest BCUT2D eigenvalue weighted by molar-refractivity contribution is 5.96. The second kappa shape index (κ2) is 14.4. The van der Waals surface area contributed by atoms with E-state index in [-0.39, 0.29) is 6.42 Å². The lowest BCUT2D eigenvalue weighted by molar-refractivity contribution is -0.144. The van der Waals surface area contributed by atoms with Gasteiger partial charge in [0.05, 0.1) is 18.9 Å². The highest BCUT2D eigenvalue weighted by atomic mass is 16.4. The van der Waals surface area contributed by atoms with E-state index in [1.165, 1.54) is 0 Å². The van der Waals surface area contributed by atoms with E-state index in [9.17, 15) is 38.7 Å². The Hall–Kier alpha value is -3.75. The van der Waals surface area contributed by atoms with Crippen LogP contribution in [0.4, 0.5) is 0 Å². The molecule has 0 spiro atoms. The van der Waals surface area contributed by atoms with Crippen LogP contribution in [0.2, 0.25) is 0 Å². The Morgan fingerprint density at radius 3 is 1.74 bits per heavy atom. The van der Waals surface area contributed by atoms with E-state index in [0.29, 0.717) is 6.42 Å². The number of rotatable bonds is 16. The van der Waals surface area contributed by atoms with Gasteiger partial charge in [0.25, 0.3) is 0 Å². The molecule has 15 nitrogen and oxygen atoms in total. The minimum atomic E-state index is -1.64. The van der Waals surface area contributed by atoms with Crippen LogP contribution in [0.25, 0.3) is 0 Å². The van der Waals surface area contributed by atoms with Crippen molar-refractivity contribution in [2.24, 2.45) is 23.1 Å². The van der Waals surface area contributed by atoms with Gasteiger partial charge in [-0.05, 0) is 12.3 Å². The topological polar surface area (TPSA) is 274 Å². The molecule has 34 heavy (non-hydrogen) atoms. The van der Waals surface area contributed by atoms with Crippen LogP contribution in [0.1, 0.15) is 46.0 Å². The quantitative estimate of drug-likeness (QED) is 0.106. The van der Waals surface area contributed by atoms with Gasteiger partial charge >= 0.3 is 11.9 Å². The second-order valence-electron chi connectivity index (χ2n) is 7.71. The average Bonchev–Trinajstić information content (AvgIpc) is 2.72. The van der Waals surface area contributed by atoms with Crippen molar-refractivity contribution in [3.05, 3.63) is 0 Å². The molecular formula is C19H32N6O9. The van der Waals surface area contributed by atoms with E-state index >= 15 is 0 Å². The van der Waals surface area contributed by atoms with Crippen molar-refractivity contribution in [1.82, 2.24) is 16.0 Å². The number of nitrogens with two attached hydrogens (primary N) is 3. The van der Waals surface area contributed by atoms with Crippen LogP contribution in [0.15, 0.2) is 0 Å². The smallest absolute Gasteiger partial charge is 0.326 e. The maximum atomic E-state index is 12.8. The monoisotopic (exact) mass is 488 g/mol. The normalized spacial score (nSPS) is 15.0. The fraction of sp³-hybridized carbons (Fsp3) is 0.632. The highest BCUT2D eigenvalue weighted by Gasteiger charge is 2.33. The molecule has 0 aromatic heterocycles. The summed E-state index contributed by atoms with van der Waals surface area (Å²) in [5, 5.41) is 24.6. The van der Waals surface area contributed by atoms with Gasteiger partial charge in [0.15, 0.2) is 0 Å². The van der Waals surface area contributed by atoms with Crippen LogP contribution in [0, 0.1) is 5.92 Å². The number of carbonyl (C=O) groups is 7. The molecule has 5 amide bonds. The summed E-state index contributed by atoms with van der Waals surface area (Å²) in [6, 6.07) is -5.78. The fourth-order valence-corrected chi connectivity index (χ4v) is 2.72. The van der Waals surface area contributed by atoms with Crippen molar-refractivity contribution in [2.45, 2.75) is 70.1 Å². The van der Waals surface area contributed by atoms with Crippen molar-refractivity contribution >= 4 is 41.5 Å². The number of aliphatic carboxylic acids is 2. The van der Waals surface area contributed by atoms with E-state index in [1.807, 2.05) is 0 Å². The summed E-state index contributed by atoms with van der Waals surface area (Å²) < 4.78 is 0. The predicted molar refractivity (Wildman–Crippen MR) is 115 cm³/mol. The molecule has 0 saturated carbocycles. The Labute approximate surface area is 195 Å². The van der Waals surface area contributed by atoms with Crippen LogP contribution in [-0.4, -0.2) is 75.9 Å². The minimum absolute atomic E-state index is 0.236. The zero-order chi connectivity index (χ0) is 26.6. The van der Waals surface area contributed by atoms with Gasteiger partial charge in [-0.1, -0.05) is 20.3 Å². The summed E-state index contributed by atoms with van der Waals surface area (Å²) >= 11 is 0. The van der Waals surface area contributed by atoms with Gasteiger partial charge in [-0.2, -0.15) is 0 Å². The Morgan fingerprint density at radius 1 is 0.794 bits per heavy atom. The molecule has 0 aromatic rings. The molecule has 0 bridgehead atoms. The molecule has 0 aliphatic rings. The Balaban J connectivity index is 5.57. The molecule has 5 unspecified atom stereocenters. The summed E-state index contributed by atoms with van der Waals surface area (Å²) in [7, 11) is 0. The summed E-state index contributed by atoms with van der Waals surface area (Å²) in [5.74, 6) is -8.01. The van der Waals surface area contributed by atoms with E-state index in [1.54, 1.807) is 13.8 Å². The molecule has 0 rings (SSSR count). The largest absolute Gasteiger partial charge is 0.481 e. The molecule has 192 valence electrons. The molecule has 0 aliphatic carbocycles. The van der Waals surface area contributed by atoms with Crippen molar-refractivity contribution in [1.29, 1.82) is 0 Å². The van der Waals surface area contributed by atoms with E-state index < -0.39 is 90.8 Å². The molecule has 5 atom stereocenters. The van der Waals surface area contributed by atoms with Crippen molar-refractivity contribution in [3.8, 4) is 0 Å². The third-order valence-corrected chi connectivity index (χ3v) is 4.86. The van der Waals surface area contributed by atoms with Crippen molar-refractivity contribution in [2.75, 3.05) is 0 Å². The number of carboxylic acids is 2. The average molecular weight is 488 g/mol. The van der Waals surface area contributed by atoms with Gasteiger partial charge in [-0.25, -0.2) is 4.79 Å². The van der Waals surface area contributed by atoms with E-state index in [0.717, 1.165) is 0 Å². The highest BCUT2D eigenvalue weighted by Crippen LogP contribution is 2.10. The summed E-state index contributed by atoms with van der Waals surface area (Å²) in [5.41, 5.74) is 15.7. The molecule has 0 aliphatic heterocycles. The molecule has 11 N–H and O–H groups in total. The summed E-state index contributed by atoms with van der Waals surface area (Å²) in [6.07, 6.45) is -1.62. The summed E-state index contributed by atoms with van der Waals surface area (Å²) in [4.78, 5) is 82.2. The van der Waals surface area contributed by atoms with Crippen LogP contribution in [0.3, 0.4) is 0 Å². The zero-order valence-corrected chi connectivity index (χ0v) is 18.9. The second-order valence-corrected chi connectivity index (χ2v) is 7.71. The van der Waals surface area contributed by atoms with Crippen molar-refractivity contribution in [3.63, 3.8) is 0 Å². The number of primary amides is 2. The summed E-state index contributed by atoms with van der Waals surface area (Å²) in [6.45, 7) is 3.28. The Kier molecular flexibility index (Phi) is 12.8. The fourth-order valence-electron chi connectivity index (χ4n) is 2.72. The van der Waals surface area contributed by atoms with Crippen LogP contribution in [0.5, 0.6) is 0 Å². The molecule has 15 heteroatoms. The molecule has 0 saturated heterocycles. The number of carboxylic acid groups (broad SMARTS) is 2. The van der Waals surface area contributed by atoms with Gasteiger partial charge in [-0.15, -0.1) is 0 Å². The first-order chi connectivity index (χ1) is 15.7. The maximum absolute atomic E-state index is 12.8. The molecule has 0 radical (unpaired) electrons. The number of amides is 5. The van der Waals surface area contributed by atoms with Crippen LogP contribution < -0.4 is 33.2 Å². The molecule has 0 aromatic carbocycles. The Morgan fingerprint density at radius 2 is 1.29 bits per heavy atom. The number of carbonyl (C=O) groups excluding carboxylic acids is 5. The number of hydrogen-bond acceptors (Lipinski definition) is 8. The number of nitrogens with one attached hydrogen (secondary N) is 3. The minimum Gasteiger partial charge on any atom is -0.481 e. The van der Waals surface area contributed by atoms with Crippen LogP contribution in [-0.2, 0) is 33.6 Å². The van der Waals surface area contributed by atoms with Crippen molar-refractivity contribution < 1.29 is 43.8 Å². The van der Waals surface area contributed by atoms with E-state index in [2.05, 4.69) is 16.0 Å². The van der Waals surface area contributed by atoms with Gasteiger partial charge in [0.1, 0.15) is 18.1 Å². The van der Waals surface area contributed by atoms with Crippen LogP contribution >= 0.6 is 0 Å². The standard InChI is InChI=1S/C19H32N6O9/c1-3-8(2)15(18(32)24-11(19(33)34)7-13(22)27)25-17(31)10(6-12(21)26)23-16(30)9(20)4-5-14(28)29/h8-11,15H,3-7,20H2,1-2H3,(H2,21,26)(H2,22,27)(H,23,30)(H,24,32)(H,25,31)(H,28,29)(H,33,34). The zero-order valence-electron chi connectivity index (χ0n) is 18.9. The first kappa shape index (κ1) is 30.2. The SMILES string of the molecule is CCC(C)C(NC(=O)C(CC(N)=O)NC(=O)C(N)CCC(=O)O)C(=O)NC(CC(N)=O)C(=O)O. The van der Waals surface area contributed by atoms with Gasteiger partial charge in [0, 0.05) is 6.42 Å². The third kappa shape index (κ3) is 11.2. The lowest BCUT2D eigenvalue weighted by Gasteiger charge is -2.27. The molecule has 0 heterocycles. The Bertz CT molecular complexity index is 803. The first-order valence-electron chi connectivity index (χ1n) is 10.4. The third-order valence-electron chi connectivity index (χ3n) is 4.86. The predicted octanol–water partition coefficient (Wildman–Crippen LogP) is -3.49. The lowest BCUT2D eigenvalue weighted by atomic mass is 9.97. The number of hydrogen-bond donors (Lipinski definition) is 8. The van der Waals surface area contributed by atoms with E-state index in [4.69, 9.17) is 22.3 Å². The van der Waals surface area contributed by atoms with Gasteiger partial charge < -0.3 is 43.4 Å². The molecule has 0 fully saturated rings.